The quantitative estimate of drug-likeness (QED) is 0.242. The first-order valence-corrected chi connectivity index (χ1v) is 12.6. The van der Waals surface area contributed by atoms with Crippen LogP contribution >= 0.6 is 0 Å². The van der Waals surface area contributed by atoms with Crippen molar-refractivity contribution in [3.63, 3.8) is 0 Å². The van der Waals surface area contributed by atoms with E-state index in [4.69, 9.17) is 9.98 Å². The van der Waals surface area contributed by atoms with Gasteiger partial charge in [-0.25, -0.2) is 0 Å². The number of rotatable bonds is 9. The van der Waals surface area contributed by atoms with Gasteiger partial charge >= 0.3 is 0 Å². The summed E-state index contributed by atoms with van der Waals surface area (Å²) >= 11 is 0. The number of hydrogen-bond acceptors (Lipinski definition) is 6. The zero-order valence-corrected chi connectivity index (χ0v) is 25.5. The summed E-state index contributed by atoms with van der Waals surface area (Å²) in [4.78, 5) is 34.1. The third-order valence-corrected chi connectivity index (χ3v) is 6.61. The van der Waals surface area contributed by atoms with Crippen molar-refractivity contribution in [2.24, 2.45) is 9.98 Å². The van der Waals surface area contributed by atoms with Crippen molar-refractivity contribution in [3.05, 3.63) is 91.4 Å². The second kappa shape index (κ2) is 14.2. The number of ketones is 2. The molecule has 0 aliphatic heterocycles. The van der Waals surface area contributed by atoms with E-state index in [2.05, 4.69) is 24.3 Å². The van der Waals surface area contributed by atoms with E-state index in [9.17, 15) is 19.8 Å². The van der Waals surface area contributed by atoms with Gasteiger partial charge in [-0.2, -0.15) is 0 Å². The summed E-state index contributed by atoms with van der Waals surface area (Å²) < 4.78 is 0. The fourth-order valence-electron chi connectivity index (χ4n) is 5.11. The molecule has 0 amide bonds. The Morgan fingerprint density at radius 3 is 1.08 bits per heavy atom. The normalized spacial score (nSPS) is 14.5. The minimum absolute atomic E-state index is 0. The summed E-state index contributed by atoms with van der Waals surface area (Å²) in [6.07, 6.45) is 2.69. The molecule has 2 aromatic rings. The van der Waals surface area contributed by atoms with Crippen molar-refractivity contribution in [3.8, 4) is 0 Å². The Labute approximate surface area is 242 Å². The van der Waals surface area contributed by atoms with Crippen LogP contribution in [0.1, 0.15) is 84.3 Å². The minimum atomic E-state index is -0.638. The van der Waals surface area contributed by atoms with Gasteiger partial charge < -0.3 is 10.2 Å². The van der Waals surface area contributed by atoms with Crippen LogP contribution in [0.15, 0.2) is 56.9 Å². The molecule has 0 aliphatic carbocycles. The maximum atomic E-state index is 12.2. The Balaban J connectivity index is 0.00000760. The first-order valence-electron chi connectivity index (χ1n) is 12.6. The predicted octanol–water partition coefficient (Wildman–Crippen LogP) is 4.91. The minimum Gasteiger partial charge on any atom is -0.875 e. The van der Waals surface area contributed by atoms with E-state index in [1.807, 2.05) is 41.5 Å². The largest absolute Gasteiger partial charge is 0.875 e. The zero-order valence-electron chi connectivity index (χ0n) is 24.5. The molecule has 0 aliphatic rings. The summed E-state index contributed by atoms with van der Waals surface area (Å²) in [6.45, 7) is 17.4. The van der Waals surface area contributed by atoms with E-state index in [0.29, 0.717) is 0 Å². The van der Waals surface area contributed by atoms with E-state index >= 15 is 0 Å². The molecule has 0 aromatic heterocycles. The first-order chi connectivity index (χ1) is 17.6. The van der Waals surface area contributed by atoms with Crippen molar-refractivity contribution in [1.82, 2.24) is 0 Å². The molecule has 39 heavy (non-hydrogen) atoms. The Morgan fingerprint density at radius 1 is 0.615 bits per heavy atom. The van der Waals surface area contributed by atoms with Crippen molar-refractivity contribution in [1.29, 1.82) is 0 Å². The molecule has 0 unspecified atom stereocenters. The van der Waals surface area contributed by atoms with Gasteiger partial charge in [0.1, 0.15) is 12.1 Å². The number of Topliss-reactive ketones (excluding diaryl/α,β-unsaturated/α-hetero) is 2. The molecular weight excluding hydrogens is 535 g/mol. The number of carbonyl (C=O) groups excluding carboxylic acids is 2. The van der Waals surface area contributed by atoms with Crippen LogP contribution in [0.2, 0.25) is 0 Å². The van der Waals surface area contributed by atoms with Gasteiger partial charge in [0.05, 0.1) is 0 Å². The maximum absolute atomic E-state index is 12.2. The molecule has 0 saturated carbocycles. The molecule has 0 N–H and O–H groups in total. The Morgan fingerprint density at radius 2 is 0.872 bits per heavy atom. The van der Waals surface area contributed by atoms with Gasteiger partial charge in [0.2, 0.25) is 0 Å². The fourth-order valence-corrected chi connectivity index (χ4v) is 5.11. The SMILES string of the molecule is CC(=O)/C(C=N[C@@H](c1c(C)cc(C)cc1C)[C@@H](N=C/C(C(C)=O)=C(/C)[O-])c1c(C)cc(C)cc1C)=C(\C)[O-].[Co]. The van der Waals surface area contributed by atoms with Gasteiger partial charge in [0, 0.05) is 40.4 Å². The fraction of sp³-hybridized carbons (Fsp3) is 0.375. The Bertz CT molecular complexity index is 1220. The number of hydrogen-bond donors (Lipinski definition) is 0. The summed E-state index contributed by atoms with van der Waals surface area (Å²) in [5, 5.41) is 24.4. The smallest absolute Gasteiger partial charge is 0.160 e. The van der Waals surface area contributed by atoms with Crippen molar-refractivity contribution < 1.29 is 36.6 Å². The molecule has 0 fully saturated rings. The van der Waals surface area contributed by atoms with Gasteiger partial charge in [-0.15, -0.1) is 11.5 Å². The molecule has 211 valence electrons. The van der Waals surface area contributed by atoms with Crippen LogP contribution in [-0.2, 0) is 26.4 Å². The van der Waals surface area contributed by atoms with Crippen LogP contribution in [0.4, 0.5) is 0 Å². The van der Waals surface area contributed by atoms with Gasteiger partial charge in [-0.3, -0.25) is 19.6 Å². The predicted molar refractivity (Wildman–Crippen MR) is 151 cm³/mol. The molecule has 2 aromatic carbocycles. The number of carbonyl (C=O) groups is 2. The van der Waals surface area contributed by atoms with Crippen LogP contribution in [0.25, 0.3) is 0 Å². The van der Waals surface area contributed by atoms with Crippen LogP contribution in [-0.4, -0.2) is 24.0 Å². The van der Waals surface area contributed by atoms with Gasteiger partial charge in [0.25, 0.3) is 0 Å². The number of aliphatic imine (C=N–C) groups is 2. The molecular formula is C32H38CoN2O4-2. The summed E-state index contributed by atoms with van der Waals surface area (Å²) in [7, 11) is 0. The molecule has 6 nitrogen and oxygen atoms in total. The van der Waals surface area contributed by atoms with E-state index in [1.165, 1.54) is 40.1 Å². The van der Waals surface area contributed by atoms with Crippen LogP contribution in [0.5, 0.6) is 0 Å². The second-order valence-electron chi connectivity index (χ2n) is 10.1. The first kappa shape index (κ1) is 33.7. The number of nitrogens with zero attached hydrogens (tertiary/aromatic N) is 2. The zero-order chi connectivity index (χ0) is 28.9. The topological polar surface area (TPSA) is 105 Å². The average Bonchev–Trinajstić information content (AvgIpc) is 2.74. The molecule has 0 saturated heterocycles. The molecule has 2 rings (SSSR count). The molecule has 0 heterocycles. The van der Waals surface area contributed by atoms with Crippen molar-refractivity contribution in [2.45, 2.75) is 81.3 Å². The Kier molecular flexibility index (Phi) is 12.3. The third kappa shape index (κ3) is 8.34. The summed E-state index contributed by atoms with van der Waals surface area (Å²) in [5.74, 6) is -1.49. The summed E-state index contributed by atoms with van der Waals surface area (Å²) in [5.41, 5.74) is 7.95. The maximum Gasteiger partial charge on any atom is 0.160 e. The van der Waals surface area contributed by atoms with Gasteiger partial charge in [0.15, 0.2) is 11.6 Å². The monoisotopic (exact) mass is 573 g/mol. The van der Waals surface area contributed by atoms with Crippen molar-refractivity contribution in [2.75, 3.05) is 0 Å². The van der Waals surface area contributed by atoms with E-state index in [0.717, 1.165) is 44.5 Å². The number of aryl methyl sites for hydroxylation is 6. The second-order valence-corrected chi connectivity index (χ2v) is 10.1. The molecule has 2 atom stereocenters. The Hall–Kier alpha value is -3.29. The third-order valence-electron chi connectivity index (χ3n) is 6.61. The van der Waals surface area contributed by atoms with Crippen LogP contribution in [0, 0.1) is 41.5 Å². The van der Waals surface area contributed by atoms with Gasteiger partial charge in [-0.1, -0.05) is 49.2 Å². The number of benzene rings is 2. The molecule has 1 radical (unpaired) electrons. The number of allylic oxidation sites excluding steroid dienone is 4. The summed E-state index contributed by atoms with van der Waals surface area (Å²) in [6, 6.07) is 6.96. The van der Waals surface area contributed by atoms with Crippen LogP contribution in [0.3, 0.4) is 0 Å². The van der Waals surface area contributed by atoms with E-state index < -0.39 is 12.1 Å². The molecule has 0 spiro atoms. The standard InChI is InChI=1S/C32H40N2O4.Co/c1-17-11-19(3)29(20(4)12-17)31(33-15-27(23(7)35)24(8)36)32(34-16-28(25(9)37)26(10)38)30-21(5)13-18(2)14-22(30)6;/h11-16,31-32,35,37H,1-10H3;/p-2/b27-23+,28-25+,33-15?,34-16?;/t31-,32-;/m0./s1. The van der Waals surface area contributed by atoms with Crippen LogP contribution < -0.4 is 10.2 Å². The average molecular weight is 574 g/mol. The van der Waals surface area contributed by atoms with Crippen molar-refractivity contribution >= 4 is 24.0 Å². The van der Waals surface area contributed by atoms with E-state index in [-0.39, 0.29) is 51.0 Å². The molecule has 0 bridgehead atoms. The van der Waals surface area contributed by atoms with E-state index in [1.54, 1.807) is 0 Å². The van der Waals surface area contributed by atoms with Gasteiger partial charge in [-0.05, 0) is 88.8 Å². The molecule has 7 heteroatoms.